The van der Waals surface area contributed by atoms with Crippen LogP contribution in [0.1, 0.15) is 72.1 Å². The van der Waals surface area contributed by atoms with Crippen molar-refractivity contribution in [2.45, 2.75) is 77.7 Å². The summed E-state index contributed by atoms with van der Waals surface area (Å²) in [4.78, 5) is 0. The van der Waals surface area contributed by atoms with Gasteiger partial charge >= 0.3 is 0 Å². The lowest BCUT2D eigenvalue weighted by Crippen LogP contribution is -2.31. The van der Waals surface area contributed by atoms with E-state index >= 15 is 0 Å². The molecule has 0 aliphatic carbocycles. The second-order valence-electron chi connectivity index (χ2n) is 4.86. The topological polar surface area (TPSA) is 57.5 Å². The summed E-state index contributed by atoms with van der Waals surface area (Å²) < 4.78 is 0. The molecule has 0 heterocycles. The van der Waals surface area contributed by atoms with Gasteiger partial charge in [0.05, 0.1) is 0 Å². The molecule has 0 bridgehead atoms. The summed E-state index contributed by atoms with van der Waals surface area (Å²) in [6.45, 7) is 6.49. The molecule has 0 radical (unpaired) electrons. The Morgan fingerprint density at radius 3 is 1.71 bits per heavy atom. The van der Waals surface area contributed by atoms with E-state index in [2.05, 4.69) is 20.8 Å². The second-order valence-corrected chi connectivity index (χ2v) is 4.86. The van der Waals surface area contributed by atoms with E-state index in [4.69, 9.17) is 5.73 Å². The number of nitrogens with two attached hydrogens (primary N) is 1. The van der Waals surface area contributed by atoms with Gasteiger partial charge in [0, 0.05) is 5.54 Å². The third-order valence-corrected chi connectivity index (χ3v) is 2.42. The van der Waals surface area contributed by atoms with Gasteiger partial charge in [-0.3, -0.25) is 0 Å². The second kappa shape index (κ2) is 9.47. The normalized spacial score (nSPS) is 11.1. The maximum atomic E-state index is 5.90. The van der Waals surface area contributed by atoms with Crippen LogP contribution in [0.5, 0.6) is 0 Å². The quantitative estimate of drug-likeness (QED) is 0.606. The summed E-state index contributed by atoms with van der Waals surface area (Å²) in [5.74, 6) is 0. The van der Waals surface area contributed by atoms with E-state index in [0.29, 0.717) is 0 Å². The SMILES string of the molecule is CCCCCCCCCC(C)(C)N.O. The highest BCUT2D eigenvalue weighted by atomic mass is 16.0. The van der Waals surface area contributed by atoms with Crippen molar-refractivity contribution in [2.75, 3.05) is 0 Å². The van der Waals surface area contributed by atoms with Crippen LogP contribution in [0.25, 0.3) is 0 Å². The first-order chi connectivity index (χ1) is 6.06. The van der Waals surface area contributed by atoms with Gasteiger partial charge in [0.1, 0.15) is 0 Å². The lowest BCUT2D eigenvalue weighted by atomic mass is 9.97. The van der Waals surface area contributed by atoms with E-state index in [-0.39, 0.29) is 11.0 Å². The molecule has 2 nitrogen and oxygen atoms in total. The molecule has 0 atom stereocenters. The van der Waals surface area contributed by atoms with Gasteiger partial charge in [-0.2, -0.15) is 0 Å². The largest absolute Gasteiger partial charge is 0.412 e. The van der Waals surface area contributed by atoms with Crippen LogP contribution >= 0.6 is 0 Å². The van der Waals surface area contributed by atoms with Crippen molar-refractivity contribution in [1.82, 2.24) is 0 Å². The maximum Gasteiger partial charge on any atom is 0.00970 e. The Balaban J connectivity index is 0. The molecule has 0 aromatic heterocycles. The van der Waals surface area contributed by atoms with Crippen LogP contribution < -0.4 is 5.73 Å². The highest BCUT2D eigenvalue weighted by molar-refractivity contribution is 4.70. The van der Waals surface area contributed by atoms with Crippen LogP contribution in [-0.4, -0.2) is 11.0 Å². The van der Waals surface area contributed by atoms with Gasteiger partial charge in [0.15, 0.2) is 0 Å². The average Bonchev–Trinajstić information content (AvgIpc) is 2.01. The first kappa shape index (κ1) is 16.4. The molecule has 0 aromatic rings. The van der Waals surface area contributed by atoms with Gasteiger partial charge in [0.2, 0.25) is 0 Å². The van der Waals surface area contributed by atoms with Crippen LogP contribution in [0.15, 0.2) is 0 Å². The molecule has 88 valence electrons. The third kappa shape index (κ3) is 14.4. The standard InChI is InChI=1S/C12H27N.H2O/c1-4-5-6-7-8-9-10-11-12(2,3)13;/h4-11,13H2,1-3H3;1H2. The molecule has 2 heteroatoms. The van der Waals surface area contributed by atoms with E-state index < -0.39 is 0 Å². The van der Waals surface area contributed by atoms with Gasteiger partial charge in [-0.25, -0.2) is 0 Å². The number of unbranched alkanes of at least 4 members (excludes halogenated alkanes) is 6. The molecule has 0 rings (SSSR count). The zero-order chi connectivity index (χ0) is 10.2. The smallest absolute Gasteiger partial charge is 0.00970 e. The Morgan fingerprint density at radius 2 is 1.29 bits per heavy atom. The predicted octanol–water partition coefficient (Wildman–Crippen LogP) is 3.04. The zero-order valence-corrected chi connectivity index (χ0v) is 10.2. The fourth-order valence-corrected chi connectivity index (χ4v) is 1.54. The Hall–Kier alpha value is -0.0800. The molecule has 0 aromatic carbocycles. The fourth-order valence-electron chi connectivity index (χ4n) is 1.54. The van der Waals surface area contributed by atoms with E-state index in [9.17, 15) is 0 Å². The monoisotopic (exact) mass is 203 g/mol. The molecule has 0 aliphatic heterocycles. The Labute approximate surface area is 89.6 Å². The lowest BCUT2D eigenvalue weighted by molar-refractivity contribution is 0.441. The summed E-state index contributed by atoms with van der Waals surface area (Å²) in [6, 6.07) is 0. The maximum absolute atomic E-state index is 5.90. The molecule has 0 spiro atoms. The Bertz CT molecular complexity index is 107. The van der Waals surface area contributed by atoms with E-state index in [1.165, 1.54) is 51.4 Å². The number of hydrogen-bond acceptors (Lipinski definition) is 1. The molecule has 0 saturated carbocycles. The predicted molar refractivity (Wildman–Crippen MR) is 64.5 cm³/mol. The fraction of sp³-hybridized carbons (Fsp3) is 1.00. The molecule has 14 heavy (non-hydrogen) atoms. The molecule has 4 N–H and O–H groups in total. The van der Waals surface area contributed by atoms with Gasteiger partial charge in [0.25, 0.3) is 0 Å². The molecule has 0 aliphatic rings. The lowest BCUT2D eigenvalue weighted by Gasteiger charge is -2.17. The molecule has 0 fully saturated rings. The molecular formula is C12H29NO. The van der Waals surface area contributed by atoms with Gasteiger partial charge in [-0.15, -0.1) is 0 Å². The third-order valence-electron chi connectivity index (χ3n) is 2.42. The van der Waals surface area contributed by atoms with E-state index in [1.807, 2.05) is 0 Å². The first-order valence-corrected chi connectivity index (χ1v) is 5.85. The highest BCUT2D eigenvalue weighted by Crippen LogP contribution is 2.13. The Morgan fingerprint density at radius 1 is 0.857 bits per heavy atom. The van der Waals surface area contributed by atoms with Crippen molar-refractivity contribution < 1.29 is 5.48 Å². The summed E-state index contributed by atoms with van der Waals surface area (Å²) in [5.41, 5.74) is 5.94. The van der Waals surface area contributed by atoms with E-state index in [1.54, 1.807) is 0 Å². The molecule has 0 saturated heterocycles. The van der Waals surface area contributed by atoms with Crippen molar-refractivity contribution in [2.24, 2.45) is 5.73 Å². The number of rotatable bonds is 8. The minimum absolute atomic E-state index is 0. The van der Waals surface area contributed by atoms with Crippen molar-refractivity contribution >= 4 is 0 Å². The van der Waals surface area contributed by atoms with E-state index in [0.717, 1.165) is 0 Å². The molecular weight excluding hydrogens is 174 g/mol. The molecule has 0 unspecified atom stereocenters. The highest BCUT2D eigenvalue weighted by Gasteiger charge is 2.08. The average molecular weight is 203 g/mol. The van der Waals surface area contributed by atoms with Crippen LogP contribution in [0.4, 0.5) is 0 Å². The minimum Gasteiger partial charge on any atom is -0.412 e. The van der Waals surface area contributed by atoms with Crippen molar-refractivity contribution in [1.29, 1.82) is 0 Å². The number of hydrogen-bond donors (Lipinski definition) is 1. The van der Waals surface area contributed by atoms with Gasteiger partial charge in [-0.05, 0) is 20.3 Å². The summed E-state index contributed by atoms with van der Waals surface area (Å²) in [5, 5.41) is 0. The molecule has 0 amide bonds. The van der Waals surface area contributed by atoms with Gasteiger partial charge in [-0.1, -0.05) is 51.9 Å². The van der Waals surface area contributed by atoms with Crippen molar-refractivity contribution in [3.8, 4) is 0 Å². The van der Waals surface area contributed by atoms with Crippen LogP contribution in [0, 0.1) is 0 Å². The Kier molecular flexibility index (Phi) is 11.1. The minimum atomic E-state index is 0. The first-order valence-electron chi connectivity index (χ1n) is 5.85. The van der Waals surface area contributed by atoms with Crippen molar-refractivity contribution in [3.05, 3.63) is 0 Å². The summed E-state index contributed by atoms with van der Waals surface area (Å²) >= 11 is 0. The zero-order valence-electron chi connectivity index (χ0n) is 10.2. The van der Waals surface area contributed by atoms with Crippen LogP contribution in [0.2, 0.25) is 0 Å². The van der Waals surface area contributed by atoms with Crippen molar-refractivity contribution in [3.63, 3.8) is 0 Å². The summed E-state index contributed by atoms with van der Waals surface area (Å²) in [6.07, 6.45) is 10.8. The summed E-state index contributed by atoms with van der Waals surface area (Å²) in [7, 11) is 0. The van der Waals surface area contributed by atoms with Gasteiger partial charge < -0.3 is 11.2 Å². The van der Waals surface area contributed by atoms with Crippen LogP contribution in [0.3, 0.4) is 0 Å². The van der Waals surface area contributed by atoms with Crippen LogP contribution in [-0.2, 0) is 0 Å².